The Morgan fingerprint density at radius 2 is 1.30 bits per heavy atom. The third-order valence-electron chi connectivity index (χ3n) is 13.2. The highest BCUT2D eigenvalue weighted by Crippen LogP contribution is 2.67. The maximum absolute atomic E-state index is 15.1. The van der Waals surface area contributed by atoms with E-state index in [1.807, 2.05) is 74.5 Å². The predicted molar refractivity (Wildman–Crippen MR) is 223 cm³/mol. The molecule has 3 fully saturated rings. The number of aliphatic hydroxyl groups is 1. The Kier molecular flexibility index (Phi) is 16.8. The van der Waals surface area contributed by atoms with Crippen LogP contribution in [0.3, 0.4) is 0 Å². The van der Waals surface area contributed by atoms with Gasteiger partial charge in [-0.2, -0.15) is 0 Å². The molecule has 0 amide bonds. The van der Waals surface area contributed by atoms with Gasteiger partial charge in [0.05, 0.1) is 5.41 Å². The molecular formula is C48H77NO4. The highest BCUT2D eigenvalue weighted by atomic mass is 16.3. The van der Waals surface area contributed by atoms with Gasteiger partial charge < -0.3 is 10.4 Å². The van der Waals surface area contributed by atoms with Crippen LogP contribution in [0, 0.1) is 28.1 Å². The zero-order valence-corrected chi connectivity index (χ0v) is 35.8. The number of carbonyl (C=O) groups excluding carboxylic acids is 3. The molecule has 298 valence electrons. The quantitative estimate of drug-likeness (QED) is 0.137. The summed E-state index contributed by atoms with van der Waals surface area (Å²) in [5.74, 6) is -1.81. The summed E-state index contributed by atoms with van der Waals surface area (Å²) in [5.41, 5.74) is 0.600. The second-order valence-electron chi connectivity index (χ2n) is 18.5. The van der Waals surface area contributed by atoms with Crippen molar-refractivity contribution in [1.82, 2.24) is 5.32 Å². The highest BCUT2D eigenvalue weighted by Gasteiger charge is 2.76. The molecule has 5 heteroatoms. The van der Waals surface area contributed by atoms with E-state index in [1.165, 1.54) is 69.8 Å². The molecule has 2 bridgehead atoms. The van der Waals surface area contributed by atoms with Crippen molar-refractivity contribution >= 4 is 17.3 Å². The van der Waals surface area contributed by atoms with Crippen molar-refractivity contribution in [3.05, 3.63) is 57.9 Å². The first-order valence-electron chi connectivity index (χ1n) is 21.3. The number of fused-ring (bicyclic) bond motifs is 2. The first kappa shape index (κ1) is 44.9. The Hall–Kier alpha value is -2.53. The molecule has 0 heterocycles. The summed E-state index contributed by atoms with van der Waals surface area (Å²) >= 11 is 0. The SMILES string of the molecule is C1CCC(NC2CCCCC2)CC1.CCC(C)C(=O)C12C(=O)C(CC=C(C)C)=C(O)C(CC=C(C)C)(CC(CC=C(C)C)C1(C)CCC=C(C)C)C2=O. The molecule has 4 aliphatic rings. The number of Topliss-reactive ketones (excluding diaryl/α,β-unsaturated/α-hetero) is 3. The van der Waals surface area contributed by atoms with E-state index >= 15 is 4.79 Å². The summed E-state index contributed by atoms with van der Waals surface area (Å²) in [6, 6.07) is 1.74. The van der Waals surface area contributed by atoms with Crippen LogP contribution in [0.4, 0.5) is 0 Å². The molecule has 0 radical (unpaired) electrons. The summed E-state index contributed by atoms with van der Waals surface area (Å²) in [5, 5.41) is 15.8. The molecule has 5 unspecified atom stereocenters. The lowest BCUT2D eigenvalue weighted by Gasteiger charge is -2.61. The molecule has 4 rings (SSSR count). The van der Waals surface area contributed by atoms with Gasteiger partial charge in [0.15, 0.2) is 22.8 Å². The molecular weight excluding hydrogens is 655 g/mol. The van der Waals surface area contributed by atoms with Crippen LogP contribution in [0.1, 0.15) is 185 Å². The van der Waals surface area contributed by atoms with Crippen LogP contribution in [-0.4, -0.2) is 34.5 Å². The Morgan fingerprint density at radius 1 is 0.792 bits per heavy atom. The van der Waals surface area contributed by atoms with Crippen LogP contribution in [0.5, 0.6) is 0 Å². The van der Waals surface area contributed by atoms with Crippen molar-refractivity contribution in [2.75, 3.05) is 0 Å². The van der Waals surface area contributed by atoms with Crippen LogP contribution in [-0.2, 0) is 14.4 Å². The van der Waals surface area contributed by atoms with E-state index in [0.29, 0.717) is 32.1 Å². The number of carbonyl (C=O) groups is 3. The summed E-state index contributed by atoms with van der Waals surface area (Å²) in [6.45, 7) is 21.9. The fourth-order valence-corrected chi connectivity index (χ4v) is 9.70. The van der Waals surface area contributed by atoms with E-state index in [-0.39, 0.29) is 41.7 Å². The Balaban J connectivity index is 0.000000482. The highest BCUT2D eigenvalue weighted by molar-refractivity contribution is 6.33. The number of hydrogen-bond acceptors (Lipinski definition) is 5. The summed E-state index contributed by atoms with van der Waals surface area (Å²) in [4.78, 5) is 44.8. The largest absolute Gasteiger partial charge is 0.511 e. The number of allylic oxidation sites excluding steroid dienone is 10. The van der Waals surface area contributed by atoms with Gasteiger partial charge in [-0.3, -0.25) is 14.4 Å². The molecule has 0 aromatic carbocycles. The molecule has 0 spiro atoms. The third kappa shape index (κ3) is 10.2. The first-order chi connectivity index (χ1) is 25.0. The minimum absolute atomic E-state index is 0.112. The first-order valence-corrected chi connectivity index (χ1v) is 21.3. The van der Waals surface area contributed by atoms with E-state index in [1.54, 1.807) is 0 Å². The van der Waals surface area contributed by atoms with Crippen molar-refractivity contribution in [3.63, 3.8) is 0 Å². The lowest BCUT2D eigenvalue weighted by molar-refractivity contribution is -0.180. The van der Waals surface area contributed by atoms with Crippen molar-refractivity contribution in [2.45, 2.75) is 197 Å². The molecule has 2 N–H and O–H groups in total. The van der Waals surface area contributed by atoms with Crippen molar-refractivity contribution < 1.29 is 19.5 Å². The molecule has 5 atom stereocenters. The van der Waals surface area contributed by atoms with Crippen LogP contribution in [0.2, 0.25) is 0 Å². The molecule has 0 aliphatic heterocycles. The number of nitrogens with one attached hydrogen (secondary N) is 1. The van der Waals surface area contributed by atoms with Crippen molar-refractivity contribution in [3.8, 4) is 0 Å². The monoisotopic (exact) mass is 732 g/mol. The van der Waals surface area contributed by atoms with Gasteiger partial charge in [0.1, 0.15) is 5.76 Å². The van der Waals surface area contributed by atoms with Crippen LogP contribution >= 0.6 is 0 Å². The van der Waals surface area contributed by atoms with Gasteiger partial charge in [0, 0.05) is 23.6 Å². The number of ketones is 3. The van der Waals surface area contributed by atoms with E-state index in [2.05, 4.69) is 31.3 Å². The maximum Gasteiger partial charge on any atom is 0.184 e. The third-order valence-corrected chi connectivity index (χ3v) is 13.2. The number of aliphatic hydroxyl groups excluding tert-OH is 1. The van der Waals surface area contributed by atoms with E-state index in [4.69, 9.17) is 0 Å². The summed E-state index contributed by atoms with van der Waals surface area (Å²) < 4.78 is 0. The molecule has 4 aliphatic carbocycles. The maximum atomic E-state index is 15.1. The van der Waals surface area contributed by atoms with Gasteiger partial charge in [0.2, 0.25) is 0 Å². The Labute approximate surface area is 324 Å². The molecule has 3 saturated carbocycles. The number of hydrogen-bond donors (Lipinski definition) is 2. The molecule has 5 nitrogen and oxygen atoms in total. The lowest BCUT2D eigenvalue weighted by atomic mass is 9.37. The number of rotatable bonds is 14. The Bertz CT molecular complexity index is 1410. The van der Waals surface area contributed by atoms with Gasteiger partial charge in [-0.05, 0) is 137 Å². The molecule has 0 aromatic heterocycles. The Morgan fingerprint density at radius 3 is 1.77 bits per heavy atom. The van der Waals surface area contributed by atoms with Crippen LogP contribution in [0.25, 0.3) is 0 Å². The fraction of sp³-hybridized carbons (Fsp3) is 0.729. The average Bonchev–Trinajstić information content (AvgIpc) is 3.11. The normalized spacial score (nSPS) is 28.3. The van der Waals surface area contributed by atoms with Crippen LogP contribution in [0.15, 0.2) is 57.9 Å². The second-order valence-corrected chi connectivity index (χ2v) is 18.5. The van der Waals surface area contributed by atoms with Gasteiger partial charge in [-0.15, -0.1) is 0 Å². The smallest absolute Gasteiger partial charge is 0.184 e. The second kappa shape index (κ2) is 19.9. The standard InChI is InChI=1S/C36H54O4.C12H23N/c1-12-27(10)30(37)36-32(39)29(18-16-25(6)7)31(38)35(33(36)40,21-19-26(8)9)22-28(17-15-24(4)5)34(36,11)20-13-14-23(2)3;1-3-7-11(8-4-1)13-12-9-5-2-6-10-12/h14-16,19,27-28,38H,12-13,17-18,20-22H2,1-11H3;11-13H,1-10H2. The van der Waals surface area contributed by atoms with Crippen molar-refractivity contribution in [2.24, 2.45) is 28.1 Å². The van der Waals surface area contributed by atoms with E-state index < -0.39 is 27.9 Å². The molecule has 0 aromatic rings. The lowest BCUT2D eigenvalue weighted by Crippen LogP contribution is -2.71. The van der Waals surface area contributed by atoms with Gasteiger partial charge in [-0.1, -0.05) is 106 Å². The zero-order chi connectivity index (χ0) is 39.6. The van der Waals surface area contributed by atoms with Gasteiger partial charge in [0.25, 0.3) is 0 Å². The summed E-state index contributed by atoms with van der Waals surface area (Å²) in [7, 11) is 0. The van der Waals surface area contributed by atoms with Crippen molar-refractivity contribution in [1.29, 1.82) is 0 Å². The van der Waals surface area contributed by atoms with E-state index in [9.17, 15) is 14.7 Å². The van der Waals surface area contributed by atoms with E-state index in [0.717, 1.165) is 28.8 Å². The predicted octanol–water partition coefficient (Wildman–Crippen LogP) is 12.6. The average molecular weight is 732 g/mol. The minimum Gasteiger partial charge on any atom is -0.511 e. The fourth-order valence-electron chi connectivity index (χ4n) is 9.70. The zero-order valence-electron chi connectivity index (χ0n) is 35.8. The molecule has 53 heavy (non-hydrogen) atoms. The topological polar surface area (TPSA) is 83.5 Å². The van der Waals surface area contributed by atoms with Gasteiger partial charge in [-0.25, -0.2) is 0 Å². The van der Waals surface area contributed by atoms with Crippen LogP contribution < -0.4 is 5.32 Å². The van der Waals surface area contributed by atoms with Gasteiger partial charge >= 0.3 is 0 Å². The minimum atomic E-state index is -1.83. The molecule has 0 saturated heterocycles. The summed E-state index contributed by atoms with van der Waals surface area (Å²) in [6.07, 6.45) is 26.1.